The van der Waals surface area contributed by atoms with Gasteiger partial charge in [-0.1, -0.05) is 12.2 Å². The molecule has 0 fully saturated rings. The highest BCUT2D eigenvalue weighted by atomic mass is 16.2. The minimum Gasteiger partial charge on any atom is -0.291 e. The van der Waals surface area contributed by atoms with Crippen LogP contribution in [0, 0.1) is 5.92 Å². The van der Waals surface area contributed by atoms with E-state index in [-0.39, 0.29) is 17.5 Å². The van der Waals surface area contributed by atoms with Crippen molar-refractivity contribution in [2.24, 2.45) is 5.92 Å². The third-order valence-electron chi connectivity index (χ3n) is 1.78. The molecule has 0 bridgehead atoms. The van der Waals surface area contributed by atoms with Gasteiger partial charge in [0.05, 0.1) is 0 Å². The van der Waals surface area contributed by atoms with E-state index in [2.05, 4.69) is 6.58 Å². The molecular weight excluding hydrogens is 140 g/mol. The minimum absolute atomic E-state index is 0.186. The van der Waals surface area contributed by atoms with Gasteiger partial charge in [0.2, 0.25) is 11.6 Å². The van der Waals surface area contributed by atoms with E-state index >= 15 is 0 Å². The molecule has 0 aliphatic heterocycles. The van der Waals surface area contributed by atoms with Gasteiger partial charge in [-0.25, -0.2) is 0 Å². The lowest BCUT2D eigenvalue weighted by Gasteiger charge is -1.99. The van der Waals surface area contributed by atoms with Crippen LogP contribution in [0.5, 0.6) is 0 Å². The molecule has 2 heteroatoms. The first kappa shape index (κ1) is 7.92. The average Bonchev–Trinajstić information content (AvgIpc) is 2.16. The molecule has 0 saturated heterocycles. The lowest BCUT2D eigenvalue weighted by atomic mass is 10.0. The summed E-state index contributed by atoms with van der Waals surface area (Å²) in [4.78, 5) is 21.6. The van der Waals surface area contributed by atoms with Crippen molar-refractivity contribution < 1.29 is 9.59 Å². The highest BCUT2D eigenvalue weighted by Crippen LogP contribution is 2.13. The standard InChI is InChI=1S/C9H10O2/c1-2-7-3-5-8(10)9(11)6-4-7/h2-3,5,7H,1,4,6H2. The largest absolute Gasteiger partial charge is 0.291 e. The molecule has 1 atom stereocenters. The van der Waals surface area contributed by atoms with Crippen LogP contribution in [0.15, 0.2) is 24.8 Å². The molecule has 0 spiro atoms. The van der Waals surface area contributed by atoms with Crippen molar-refractivity contribution in [1.29, 1.82) is 0 Å². The number of hydrogen-bond acceptors (Lipinski definition) is 2. The number of hydrogen-bond donors (Lipinski definition) is 0. The van der Waals surface area contributed by atoms with E-state index in [1.165, 1.54) is 6.08 Å². The summed E-state index contributed by atoms with van der Waals surface area (Å²) in [7, 11) is 0. The Balaban J connectivity index is 2.73. The summed E-state index contributed by atoms with van der Waals surface area (Å²) >= 11 is 0. The third-order valence-corrected chi connectivity index (χ3v) is 1.78. The van der Waals surface area contributed by atoms with Crippen LogP contribution in [0.4, 0.5) is 0 Å². The maximum absolute atomic E-state index is 10.8. The molecule has 1 aliphatic carbocycles. The highest BCUT2D eigenvalue weighted by molar-refractivity contribution is 6.41. The molecule has 0 aromatic carbocycles. The first-order valence-corrected chi connectivity index (χ1v) is 3.62. The van der Waals surface area contributed by atoms with Crippen LogP contribution in [0.1, 0.15) is 12.8 Å². The fraction of sp³-hybridized carbons (Fsp3) is 0.333. The molecule has 0 N–H and O–H groups in total. The zero-order valence-corrected chi connectivity index (χ0v) is 6.25. The zero-order valence-electron chi connectivity index (χ0n) is 6.25. The van der Waals surface area contributed by atoms with Crippen molar-refractivity contribution in [2.75, 3.05) is 0 Å². The second-order valence-electron chi connectivity index (χ2n) is 2.58. The van der Waals surface area contributed by atoms with Crippen molar-refractivity contribution in [3.8, 4) is 0 Å². The Labute approximate surface area is 65.6 Å². The summed E-state index contributed by atoms with van der Waals surface area (Å²) < 4.78 is 0. The lowest BCUT2D eigenvalue weighted by molar-refractivity contribution is -0.133. The first-order chi connectivity index (χ1) is 5.24. The topological polar surface area (TPSA) is 34.1 Å². The predicted octanol–water partition coefficient (Wildman–Crippen LogP) is 1.28. The van der Waals surface area contributed by atoms with E-state index < -0.39 is 0 Å². The van der Waals surface area contributed by atoms with Gasteiger partial charge in [-0.3, -0.25) is 9.59 Å². The lowest BCUT2D eigenvalue weighted by Crippen LogP contribution is -2.08. The monoisotopic (exact) mass is 150 g/mol. The van der Waals surface area contributed by atoms with Crippen molar-refractivity contribution in [3.05, 3.63) is 24.8 Å². The van der Waals surface area contributed by atoms with E-state index in [4.69, 9.17) is 0 Å². The normalized spacial score (nSPS) is 24.9. The van der Waals surface area contributed by atoms with Gasteiger partial charge in [-0.15, -0.1) is 6.58 Å². The maximum Gasteiger partial charge on any atom is 0.221 e. The molecule has 11 heavy (non-hydrogen) atoms. The van der Waals surface area contributed by atoms with Gasteiger partial charge in [0.15, 0.2) is 0 Å². The summed E-state index contributed by atoms with van der Waals surface area (Å²) in [5, 5.41) is 0. The number of rotatable bonds is 1. The summed E-state index contributed by atoms with van der Waals surface area (Å²) in [6, 6.07) is 0. The van der Waals surface area contributed by atoms with Gasteiger partial charge in [-0.05, 0) is 18.4 Å². The highest BCUT2D eigenvalue weighted by Gasteiger charge is 2.15. The minimum atomic E-state index is -0.380. The average molecular weight is 150 g/mol. The predicted molar refractivity (Wildman–Crippen MR) is 42.1 cm³/mol. The Kier molecular flexibility index (Phi) is 2.36. The van der Waals surface area contributed by atoms with Crippen LogP contribution in [-0.4, -0.2) is 11.6 Å². The fourth-order valence-electron chi connectivity index (χ4n) is 1.02. The second kappa shape index (κ2) is 3.28. The Morgan fingerprint density at radius 3 is 2.91 bits per heavy atom. The number of carbonyl (C=O) groups excluding carboxylic acids is 2. The van der Waals surface area contributed by atoms with Crippen LogP contribution < -0.4 is 0 Å². The summed E-state index contributed by atoms with van der Waals surface area (Å²) in [5.74, 6) is -0.481. The fourth-order valence-corrected chi connectivity index (χ4v) is 1.02. The maximum atomic E-state index is 10.8. The Morgan fingerprint density at radius 1 is 1.55 bits per heavy atom. The molecule has 0 aromatic heterocycles. The van der Waals surface area contributed by atoms with E-state index in [1.54, 1.807) is 12.2 Å². The van der Waals surface area contributed by atoms with Crippen LogP contribution in [0.2, 0.25) is 0 Å². The van der Waals surface area contributed by atoms with Crippen LogP contribution in [-0.2, 0) is 9.59 Å². The summed E-state index contributed by atoms with van der Waals surface area (Å²) in [6.07, 6.45) is 5.90. The molecule has 0 amide bonds. The molecular formula is C9H10O2. The van der Waals surface area contributed by atoms with E-state index in [0.717, 1.165) is 0 Å². The number of allylic oxidation sites excluding steroid dienone is 3. The molecule has 1 unspecified atom stereocenters. The SMILES string of the molecule is C=CC1C=CC(=O)C(=O)CC1. The third kappa shape index (κ3) is 1.87. The van der Waals surface area contributed by atoms with Crippen LogP contribution >= 0.6 is 0 Å². The Hall–Kier alpha value is -1.18. The van der Waals surface area contributed by atoms with Gasteiger partial charge in [0, 0.05) is 6.42 Å². The molecule has 58 valence electrons. The first-order valence-electron chi connectivity index (χ1n) is 3.62. The molecule has 1 aliphatic rings. The van der Waals surface area contributed by atoms with Gasteiger partial charge in [0.25, 0.3) is 0 Å². The molecule has 1 rings (SSSR count). The summed E-state index contributed by atoms with van der Waals surface area (Å²) in [6.45, 7) is 3.60. The van der Waals surface area contributed by atoms with Gasteiger partial charge in [0.1, 0.15) is 0 Å². The van der Waals surface area contributed by atoms with Crippen LogP contribution in [0.25, 0.3) is 0 Å². The molecule has 0 heterocycles. The van der Waals surface area contributed by atoms with E-state index in [0.29, 0.717) is 12.8 Å². The number of ketones is 2. The number of carbonyl (C=O) groups is 2. The van der Waals surface area contributed by atoms with Gasteiger partial charge in [-0.2, -0.15) is 0 Å². The molecule has 0 saturated carbocycles. The molecule has 2 nitrogen and oxygen atoms in total. The Morgan fingerprint density at radius 2 is 2.27 bits per heavy atom. The van der Waals surface area contributed by atoms with Gasteiger partial charge < -0.3 is 0 Å². The van der Waals surface area contributed by atoms with E-state index in [1.807, 2.05) is 0 Å². The number of Topliss-reactive ketones (excluding diaryl/α,β-unsaturated/α-hetero) is 1. The van der Waals surface area contributed by atoms with Crippen molar-refractivity contribution in [2.45, 2.75) is 12.8 Å². The quantitative estimate of drug-likeness (QED) is 0.416. The Bertz CT molecular complexity index is 226. The van der Waals surface area contributed by atoms with E-state index in [9.17, 15) is 9.59 Å². The molecule has 0 aromatic rings. The zero-order chi connectivity index (χ0) is 8.27. The summed E-state index contributed by atoms with van der Waals surface area (Å²) in [5.41, 5.74) is 0. The van der Waals surface area contributed by atoms with Gasteiger partial charge >= 0.3 is 0 Å². The van der Waals surface area contributed by atoms with Crippen molar-refractivity contribution >= 4 is 11.6 Å². The second-order valence-corrected chi connectivity index (χ2v) is 2.58. The van der Waals surface area contributed by atoms with Crippen molar-refractivity contribution in [3.63, 3.8) is 0 Å². The van der Waals surface area contributed by atoms with Crippen molar-refractivity contribution in [1.82, 2.24) is 0 Å². The van der Waals surface area contributed by atoms with Crippen LogP contribution in [0.3, 0.4) is 0 Å². The molecule has 0 radical (unpaired) electrons. The smallest absolute Gasteiger partial charge is 0.221 e.